The van der Waals surface area contributed by atoms with E-state index in [-0.39, 0.29) is 45.9 Å². The summed E-state index contributed by atoms with van der Waals surface area (Å²) in [5, 5.41) is 0. The van der Waals surface area contributed by atoms with Crippen molar-refractivity contribution in [3.63, 3.8) is 0 Å². The van der Waals surface area contributed by atoms with Crippen molar-refractivity contribution in [3.8, 4) is 0 Å². The Balaban J connectivity index is 0.000000480. The number of allylic oxidation sites excluding steroid dienone is 4. The second-order valence-electron chi connectivity index (χ2n) is 3.85. The van der Waals surface area contributed by atoms with E-state index in [0.29, 0.717) is 0 Å². The van der Waals surface area contributed by atoms with Gasteiger partial charge in [0.2, 0.25) is 0 Å². The molecule has 0 aromatic rings. The third kappa shape index (κ3) is 1.91. The number of hydrogen-bond donors (Lipinski definition) is 0. The van der Waals surface area contributed by atoms with Crippen molar-refractivity contribution in [2.24, 2.45) is 23.7 Å². The molecule has 0 amide bonds. The van der Waals surface area contributed by atoms with Gasteiger partial charge < -0.3 is 24.8 Å². The van der Waals surface area contributed by atoms with E-state index < -0.39 is 0 Å². The van der Waals surface area contributed by atoms with Crippen LogP contribution in [0.2, 0.25) is 0 Å². The number of rotatable bonds is 0. The minimum atomic E-state index is 0. The van der Waals surface area contributed by atoms with Gasteiger partial charge in [-0.3, -0.25) is 0 Å². The molecular weight excluding hydrogens is 386 g/mol. The molecule has 3 rings (SSSR count). The molecule has 1 fully saturated rings. The molecule has 76 valence electrons. The van der Waals surface area contributed by atoms with Crippen molar-refractivity contribution in [2.75, 3.05) is 0 Å². The van der Waals surface area contributed by atoms with Crippen LogP contribution in [0.1, 0.15) is 12.8 Å². The standard InChI is InChI=1S/C10H12.2ClH.Pt/c1-2-9-7-4-5-8(6-7)10(9)3-1;;;/h1-2,4-5,7-10H,3,6H2;2*1H;/q;;;+2/p-2. The molecule has 4 atom stereocenters. The molecule has 0 saturated heterocycles. The Morgan fingerprint density at radius 2 is 1.62 bits per heavy atom. The summed E-state index contributed by atoms with van der Waals surface area (Å²) in [5.41, 5.74) is 0. The summed E-state index contributed by atoms with van der Waals surface area (Å²) >= 11 is 0. The Morgan fingerprint density at radius 3 is 2.31 bits per heavy atom. The van der Waals surface area contributed by atoms with Crippen molar-refractivity contribution in [2.45, 2.75) is 12.8 Å². The summed E-state index contributed by atoms with van der Waals surface area (Å²) in [6.07, 6.45) is 12.5. The van der Waals surface area contributed by atoms with Gasteiger partial charge in [-0.1, -0.05) is 24.3 Å². The van der Waals surface area contributed by atoms with E-state index in [9.17, 15) is 0 Å². The zero-order valence-corrected chi connectivity index (χ0v) is 10.9. The van der Waals surface area contributed by atoms with Crippen LogP contribution in [0.25, 0.3) is 0 Å². The molecule has 3 aliphatic carbocycles. The second kappa shape index (κ2) is 5.01. The van der Waals surface area contributed by atoms with E-state index in [2.05, 4.69) is 24.3 Å². The van der Waals surface area contributed by atoms with E-state index in [4.69, 9.17) is 0 Å². The molecule has 0 spiro atoms. The van der Waals surface area contributed by atoms with E-state index in [1.165, 1.54) is 12.8 Å². The molecule has 0 aliphatic heterocycles. The van der Waals surface area contributed by atoms with Gasteiger partial charge in [-0.15, -0.1) is 0 Å². The van der Waals surface area contributed by atoms with Gasteiger partial charge >= 0.3 is 21.1 Å². The van der Waals surface area contributed by atoms with Crippen molar-refractivity contribution in [1.82, 2.24) is 0 Å². The molecule has 1 saturated carbocycles. The fourth-order valence-corrected chi connectivity index (χ4v) is 2.97. The fraction of sp³-hybridized carbons (Fsp3) is 0.600. The van der Waals surface area contributed by atoms with Crippen molar-refractivity contribution in [1.29, 1.82) is 0 Å². The first kappa shape index (κ1) is 13.7. The van der Waals surface area contributed by atoms with Crippen molar-refractivity contribution < 1.29 is 45.9 Å². The van der Waals surface area contributed by atoms with Crippen molar-refractivity contribution >= 4 is 0 Å². The Bertz CT molecular complexity index is 225. The van der Waals surface area contributed by atoms with Gasteiger partial charge in [-0.25, -0.2) is 0 Å². The van der Waals surface area contributed by atoms with Crippen LogP contribution in [0, 0.1) is 23.7 Å². The predicted octanol–water partition coefficient (Wildman–Crippen LogP) is -3.61. The van der Waals surface area contributed by atoms with Crippen LogP contribution in [-0.4, -0.2) is 0 Å². The maximum absolute atomic E-state index is 2.44. The molecule has 13 heavy (non-hydrogen) atoms. The van der Waals surface area contributed by atoms with Crippen LogP contribution in [0.4, 0.5) is 0 Å². The molecule has 4 unspecified atom stereocenters. The molecule has 0 heterocycles. The summed E-state index contributed by atoms with van der Waals surface area (Å²) in [5.74, 6) is 3.82. The van der Waals surface area contributed by atoms with Crippen molar-refractivity contribution in [3.05, 3.63) is 24.3 Å². The topological polar surface area (TPSA) is 0 Å². The SMILES string of the molecule is C1=CC2C3C=CC(C3)C2C1.[Cl-].[Cl-].[Pt+2]. The normalized spacial score (nSPS) is 41.8. The van der Waals surface area contributed by atoms with E-state index in [1.54, 1.807) is 0 Å². The molecule has 0 radical (unpaired) electrons. The molecule has 0 N–H and O–H groups in total. The van der Waals surface area contributed by atoms with Crippen LogP contribution in [0.15, 0.2) is 24.3 Å². The Labute approximate surface area is 106 Å². The van der Waals surface area contributed by atoms with Gasteiger partial charge in [0, 0.05) is 0 Å². The molecular formula is C10H12Cl2Pt. The minimum Gasteiger partial charge on any atom is -1.00 e. The number of hydrogen-bond acceptors (Lipinski definition) is 0. The van der Waals surface area contributed by atoms with Crippen LogP contribution >= 0.6 is 0 Å². The van der Waals surface area contributed by atoms with Crippen LogP contribution in [0.5, 0.6) is 0 Å². The summed E-state index contributed by atoms with van der Waals surface area (Å²) in [4.78, 5) is 0. The number of halogens is 2. The molecule has 3 heteroatoms. The van der Waals surface area contributed by atoms with E-state index in [0.717, 1.165) is 23.7 Å². The first-order valence-electron chi connectivity index (χ1n) is 4.30. The average Bonchev–Trinajstić information content (AvgIpc) is 2.60. The quantitative estimate of drug-likeness (QED) is 0.370. The third-order valence-corrected chi connectivity index (χ3v) is 3.46. The summed E-state index contributed by atoms with van der Waals surface area (Å²) < 4.78 is 0. The van der Waals surface area contributed by atoms with Gasteiger partial charge in [0.15, 0.2) is 0 Å². The summed E-state index contributed by atoms with van der Waals surface area (Å²) in [6.45, 7) is 0. The van der Waals surface area contributed by atoms with Gasteiger partial charge in [0.05, 0.1) is 0 Å². The largest absolute Gasteiger partial charge is 2.00 e. The molecule has 0 nitrogen and oxygen atoms in total. The average molecular weight is 398 g/mol. The first-order chi connectivity index (χ1) is 4.95. The van der Waals surface area contributed by atoms with E-state index in [1.807, 2.05) is 0 Å². The Hall–Kier alpha value is 0.748. The minimum absolute atomic E-state index is 0. The van der Waals surface area contributed by atoms with Crippen LogP contribution < -0.4 is 24.8 Å². The molecule has 2 bridgehead atoms. The maximum atomic E-state index is 2.44. The van der Waals surface area contributed by atoms with Gasteiger partial charge in [-0.2, -0.15) is 0 Å². The fourth-order valence-electron chi connectivity index (χ4n) is 2.97. The zero-order valence-electron chi connectivity index (χ0n) is 7.11. The Kier molecular flexibility index (Phi) is 5.29. The molecule has 0 aromatic carbocycles. The maximum Gasteiger partial charge on any atom is 2.00 e. The predicted molar refractivity (Wildman–Crippen MR) is 41.5 cm³/mol. The van der Waals surface area contributed by atoms with Gasteiger partial charge in [-0.05, 0) is 36.5 Å². The summed E-state index contributed by atoms with van der Waals surface area (Å²) in [6, 6.07) is 0. The third-order valence-electron chi connectivity index (χ3n) is 3.46. The Morgan fingerprint density at radius 1 is 0.923 bits per heavy atom. The monoisotopic (exact) mass is 397 g/mol. The number of fused-ring (bicyclic) bond motifs is 5. The zero-order chi connectivity index (χ0) is 6.55. The van der Waals surface area contributed by atoms with Crippen LogP contribution in [0.3, 0.4) is 0 Å². The van der Waals surface area contributed by atoms with Gasteiger partial charge in [0.25, 0.3) is 0 Å². The molecule has 3 aliphatic rings. The van der Waals surface area contributed by atoms with E-state index >= 15 is 0 Å². The molecule has 0 aromatic heterocycles. The van der Waals surface area contributed by atoms with Crippen LogP contribution in [-0.2, 0) is 21.1 Å². The smallest absolute Gasteiger partial charge is 1.00 e. The van der Waals surface area contributed by atoms with Gasteiger partial charge in [0.1, 0.15) is 0 Å². The first-order valence-corrected chi connectivity index (χ1v) is 4.30. The summed E-state index contributed by atoms with van der Waals surface area (Å²) in [7, 11) is 0. The second-order valence-corrected chi connectivity index (χ2v) is 3.85.